The second-order valence-electron chi connectivity index (χ2n) is 6.60. The van der Waals surface area contributed by atoms with Gasteiger partial charge in [0.1, 0.15) is 11.6 Å². The van der Waals surface area contributed by atoms with E-state index in [1.165, 1.54) is 16.7 Å². The van der Waals surface area contributed by atoms with Gasteiger partial charge >= 0.3 is 0 Å². The van der Waals surface area contributed by atoms with Crippen LogP contribution in [0.25, 0.3) is 0 Å². The van der Waals surface area contributed by atoms with Crippen LogP contribution >= 0.6 is 0 Å². The molecule has 27 heavy (non-hydrogen) atoms. The predicted molar refractivity (Wildman–Crippen MR) is 111 cm³/mol. The lowest BCUT2D eigenvalue weighted by atomic mass is 10.1. The lowest BCUT2D eigenvalue weighted by Gasteiger charge is -2.14. The summed E-state index contributed by atoms with van der Waals surface area (Å²) in [4.78, 5) is 9.14. The summed E-state index contributed by atoms with van der Waals surface area (Å²) in [5.74, 6) is 2.33. The molecule has 140 valence electrons. The van der Waals surface area contributed by atoms with Gasteiger partial charge in [-0.3, -0.25) is 0 Å². The van der Waals surface area contributed by atoms with Crippen LogP contribution in [0.2, 0.25) is 0 Å². The van der Waals surface area contributed by atoms with Gasteiger partial charge in [-0.05, 0) is 49.9 Å². The Hall–Kier alpha value is -3.08. The molecule has 5 heteroatoms. The average molecular weight is 362 g/mol. The summed E-state index contributed by atoms with van der Waals surface area (Å²) in [6, 6.07) is 16.2. The van der Waals surface area contributed by atoms with Gasteiger partial charge in [-0.15, -0.1) is 0 Å². The first-order chi connectivity index (χ1) is 13.1. The van der Waals surface area contributed by atoms with E-state index >= 15 is 0 Å². The molecule has 0 bridgehead atoms. The second-order valence-corrected chi connectivity index (χ2v) is 6.60. The number of hydrogen-bond donors (Lipinski definition) is 2. The third-order valence-electron chi connectivity index (χ3n) is 4.47. The van der Waals surface area contributed by atoms with E-state index in [9.17, 15) is 0 Å². The highest BCUT2D eigenvalue weighted by molar-refractivity contribution is 5.63. The number of ether oxygens (including phenoxy) is 1. The standard InChI is InChI=1S/C22H26N4O/c1-15-8-7-9-16(2)21(15)26-22-24-17(3)14-20(25-22)23-13-12-18-10-5-6-11-19(18)27-4/h5-11,14H,12-13H2,1-4H3,(H2,23,24,25,26). The number of para-hydroxylation sites is 2. The number of nitrogens with one attached hydrogen (secondary N) is 2. The van der Waals surface area contributed by atoms with Gasteiger partial charge in [-0.2, -0.15) is 4.98 Å². The zero-order chi connectivity index (χ0) is 19.2. The molecule has 0 unspecified atom stereocenters. The van der Waals surface area contributed by atoms with Crippen molar-refractivity contribution in [2.75, 3.05) is 24.3 Å². The van der Waals surface area contributed by atoms with Crippen LogP contribution in [0.1, 0.15) is 22.4 Å². The van der Waals surface area contributed by atoms with Crippen LogP contribution in [0.4, 0.5) is 17.5 Å². The molecule has 0 aliphatic carbocycles. The maximum atomic E-state index is 5.41. The van der Waals surface area contributed by atoms with Crippen molar-refractivity contribution in [3.8, 4) is 5.75 Å². The van der Waals surface area contributed by atoms with Crippen LogP contribution < -0.4 is 15.4 Å². The molecule has 0 aliphatic rings. The number of nitrogens with zero attached hydrogens (tertiary/aromatic N) is 2. The fourth-order valence-corrected chi connectivity index (χ4v) is 3.07. The van der Waals surface area contributed by atoms with Gasteiger partial charge in [0.25, 0.3) is 0 Å². The summed E-state index contributed by atoms with van der Waals surface area (Å²) in [7, 11) is 1.70. The Morgan fingerprint density at radius 3 is 2.41 bits per heavy atom. The molecule has 0 fully saturated rings. The molecule has 5 nitrogen and oxygen atoms in total. The molecule has 0 saturated heterocycles. The number of aryl methyl sites for hydroxylation is 3. The first-order valence-corrected chi connectivity index (χ1v) is 9.11. The number of aromatic nitrogens is 2. The van der Waals surface area contributed by atoms with Gasteiger partial charge in [0.2, 0.25) is 5.95 Å². The van der Waals surface area contributed by atoms with Crippen molar-refractivity contribution in [1.82, 2.24) is 9.97 Å². The highest BCUT2D eigenvalue weighted by atomic mass is 16.5. The smallest absolute Gasteiger partial charge is 0.229 e. The fourth-order valence-electron chi connectivity index (χ4n) is 3.07. The quantitative estimate of drug-likeness (QED) is 0.632. The molecule has 0 amide bonds. The summed E-state index contributed by atoms with van der Waals surface area (Å²) < 4.78 is 5.41. The molecule has 3 aromatic rings. The van der Waals surface area contributed by atoms with Crippen LogP contribution in [0.3, 0.4) is 0 Å². The number of benzene rings is 2. The van der Waals surface area contributed by atoms with E-state index in [4.69, 9.17) is 4.74 Å². The first kappa shape index (κ1) is 18.7. The Balaban J connectivity index is 1.70. The van der Waals surface area contributed by atoms with Crippen LogP contribution in [0, 0.1) is 20.8 Å². The normalized spacial score (nSPS) is 10.5. The predicted octanol–water partition coefficient (Wildman–Crippen LogP) is 4.81. The Morgan fingerprint density at radius 2 is 1.67 bits per heavy atom. The SMILES string of the molecule is COc1ccccc1CCNc1cc(C)nc(Nc2c(C)cccc2C)n1. The van der Waals surface area contributed by atoms with Gasteiger partial charge < -0.3 is 15.4 Å². The first-order valence-electron chi connectivity index (χ1n) is 9.11. The summed E-state index contributed by atoms with van der Waals surface area (Å²) in [6.45, 7) is 6.90. The van der Waals surface area contributed by atoms with Crippen molar-refractivity contribution in [3.05, 3.63) is 70.9 Å². The lowest BCUT2D eigenvalue weighted by Crippen LogP contribution is -2.09. The lowest BCUT2D eigenvalue weighted by molar-refractivity contribution is 0.410. The zero-order valence-corrected chi connectivity index (χ0v) is 16.3. The van der Waals surface area contributed by atoms with E-state index in [-0.39, 0.29) is 0 Å². The molecule has 2 aromatic carbocycles. The van der Waals surface area contributed by atoms with Gasteiger partial charge in [-0.25, -0.2) is 4.98 Å². The topological polar surface area (TPSA) is 59.1 Å². The van der Waals surface area contributed by atoms with Crippen LogP contribution in [0.5, 0.6) is 5.75 Å². The Kier molecular flexibility index (Phi) is 5.91. The maximum Gasteiger partial charge on any atom is 0.229 e. The van der Waals surface area contributed by atoms with E-state index in [1.54, 1.807) is 7.11 Å². The minimum absolute atomic E-state index is 0.604. The summed E-state index contributed by atoms with van der Waals surface area (Å²) in [5, 5.41) is 6.76. The second kappa shape index (κ2) is 8.54. The number of rotatable bonds is 7. The van der Waals surface area contributed by atoms with Crippen molar-refractivity contribution in [2.45, 2.75) is 27.2 Å². The van der Waals surface area contributed by atoms with E-state index in [0.29, 0.717) is 5.95 Å². The third kappa shape index (κ3) is 4.76. The van der Waals surface area contributed by atoms with Gasteiger partial charge in [0.15, 0.2) is 0 Å². The van der Waals surface area contributed by atoms with Crippen LogP contribution in [-0.2, 0) is 6.42 Å². The van der Waals surface area contributed by atoms with Crippen molar-refractivity contribution in [1.29, 1.82) is 0 Å². The fraction of sp³-hybridized carbons (Fsp3) is 0.273. The van der Waals surface area contributed by atoms with Crippen molar-refractivity contribution < 1.29 is 4.74 Å². The molecule has 0 radical (unpaired) electrons. The van der Waals surface area contributed by atoms with Crippen molar-refractivity contribution >= 4 is 17.5 Å². The van der Waals surface area contributed by atoms with E-state index in [2.05, 4.69) is 58.7 Å². The van der Waals surface area contributed by atoms with Gasteiger partial charge in [0.05, 0.1) is 7.11 Å². The number of anilines is 3. The average Bonchev–Trinajstić information content (AvgIpc) is 2.65. The van der Waals surface area contributed by atoms with E-state index < -0.39 is 0 Å². The van der Waals surface area contributed by atoms with Gasteiger partial charge in [-0.1, -0.05) is 36.4 Å². The van der Waals surface area contributed by atoms with Crippen molar-refractivity contribution in [3.63, 3.8) is 0 Å². The van der Waals surface area contributed by atoms with Crippen molar-refractivity contribution in [2.24, 2.45) is 0 Å². The van der Waals surface area contributed by atoms with E-state index in [0.717, 1.165) is 35.9 Å². The Bertz CT molecular complexity index is 904. The molecule has 1 heterocycles. The monoisotopic (exact) mass is 362 g/mol. The number of hydrogen-bond acceptors (Lipinski definition) is 5. The molecule has 0 spiro atoms. The van der Waals surface area contributed by atoms with E-state index in [1.807, 2.05) is 31.2 Å². The maximum absolute atomic E-state index is 5.41. The largest absolute Gasteiger partial charge is 0.496 e. The van der Waals surface area contributed by atoms with Crippen LogP contribution in [-0.4, -0.2) is 23.6 Å². The molecule has 2 N–H and O–H groups in total. The minimum atomic E-state index is 0.604. The Morgan fingerprint density at radius 1 is 0.926 bits per heavy atom. The molecule has 3 rings (SSSR count). The van der Waals surface area contributed by atoms with Crippen LogP contribution in [0.15, 0.2) is 48.5 Å². The number of methoxy groups -OCH3 is 1. The Labute approximate surface area is 160 Å². The summed E-state index contributed by atoms with van der Waals surface area (Å²) >= 11 is 0. The molecular formula is C22H26N4O. The van der Waals surface area contributed by atoms with Gasteiger partial charge in [0, 0.05) is 24.0 Å². The summed E-state index contributed by atoms with van der Waals surface area (Å²) in [6.07, 6.45) is 0.854. The summed E-state index contributed by atoms with van der Waals surface area (Å²) in [5.41, 5.74) is 5.49. The molecule has 0 saturated carbocycles. The molecule has 0 atom stereocenters. The highest BCUT2D eigenvalue weighted by Crippen LogP contribution is 2.23. The third-order valence-corrected chi connectivity index (χ3v) is 4.47. The molecular weight excluding hydrogens is 336 g/mol. The minimum Gasteiger partial charge on any atom is -0.496 e. The molecule has 1 aromatic heterocycles. The zero-order valence-electron chi connectivity index (χ0n) is 16.3. The highest BCUT2D eigenvalue weighted by Gasteiger charge is 2.07. The molecule has 0 aliphatic heterocycles.